The molecule has 4 nitrogen and oxygen atoms in total. The number of aliphatic hydroxyl groups excluding tert-OH is 1. The largest absolute Gasteiger partial charge is 0.390 e. The number of hydrogen-bond acceptors (Lipinski definition) is 3. The first-order valence-corrected chi connectivity index (χ1v) is 5.14. The maximum Gasteiger partial charge on any atom is 0.108 e. The van der Waals surface area contributed by atoms with Crippen molar-refractivity contribution in [3.63, 3.8) is 0 Å². The van der Waals surface area contributed by atoms with Crippen LogP contribution >= 0.6 is 0 Å². The molecule has 0 aromatic carbocycles. The van der Waals surface area contributed by atoms with Gasteiger partial charge in [-0.2, -0.15) is 0 Å². The molecule has 2 heterocycles. The van der Waals surface area contributed by atoms with Crippen molar-refractivity contribution in [3.8, 4) is 0 Å². The molecule has 4 heteroatoms. The number of aromatic nitrogens is 2. The second-order valence-corrected chi connectivity index (χ2v) is 3.71. The van der Waals surface area contributed by atoms with Crippen LogP contribution in [0.15, 0.2) is 12.4 Å². The zero-order valence-corrected chi connectivity index (χ0v) is 8.15. The lowest BCUT2D eigenvalue weighted by Crippen LogP contribution is -2.33. The first kappa shape index (κ1) is 9.68. The van der Waals surface area contributed by atoms with Gasteiger partial charge in [-0.25, -0.2) is 4.98 Å². The van der Waals surface area contributed by atoms with Crippen molar-refractivity contribution < 1.29 is 9.84 Å². The molecule has 0 amide bonds. The van der Waals surface area contributed by atoms with Gasteiger partial charge in [0.05, 0.1) is 12.2 Å². The van der Waals surface area contributed by atoms with E-state index in [2.05, 4.69) is 9.97 Å². The van der Waals surface area contributed by atoms with E-state index in [1.807, 2.05) is 0 Å². The zero-order chi connectivity index (χ0) is 9.80. The lowest BCUT2D eigenvalue weighted by Gasteiger charge is -2.26. The Morgan fingerprint density at radius 2 is 2.57 bits per heavy atom. The Kier molecular flexibility index (Phi) is 3.16. The van der Waals surface area contributed by atoms with Gasteiger partial charge in [0, 0.05) is 25.4 Å². The molecule has 2 atom stereocenters. The molecule has 2 N–H and O–H groups in total. The van der Waals surface area contributed by atoms with Gasteiger partial charge in [-0.1, -0.05) is 0 Å². The Bertz CT molecular complexity index is 255. The fraction of sp³-hybridized carbons (Fsp3) is 0.700. The summed E-state index contributed by atoms with van der Waals surface area (Å²) in [6.45, 7) is 0.778. The van der Waals surface area contributed by atoms with Gasteiger partial charge >= 0.3 is 0 Å². The highest BCUT2D eigenvalue weighted by atomic mass is 16.5. The van der Waals surface area contributed by atoms with Crippen molar-refractivity contribution in [2.24, 2.45) is 0 Å². The number of hydrogen-bond donors (Lipinski definition) is 2. The number of aromatic amines is 1. The number of aliphatic hydroxyl groups is 1. The van der Waals surface area contributed by atoms with Crippen molar-refractivity contribution in [1.82, 2.24) is 9.97 Å². The van der Waals surface area contributed by atoms with E-state index in [-0.39, 0.29) is 6.10 Å². The molecule has 0 aliphatic carbocycles. The maximum atomic E-state index is 9.86. The molecular formula is C10H16N2O2. The van der Waals surface area contributed by atoms with Gasteiger partial charge in [0.1, 0.15) is 5.82 Å². The SMILES string of the molecule is OC(Cc1ncc[nH]1)C1CCCCO1. The highest BCUT2D eigenvalue weighted by Crippen LogP contribution is 2.17. The van der Waals surface area contributed by atoms with Gasteiger partial charge in [-0.15, -0.1) is 0 Å². The van der Waals surface area contributed by atoms with Crippen molar-refractivity contribution in [1.29, 1.82) is 0 Å². The Morgan fingerprint density at radius 1 is 1.64 bits per heavy atom. The number of rotatable bonds is 3. The molecule has 1 aliphatic heterocycles. The third-order valence-corrected chi connectivity index (χ3v) is 2.60. The van der Waals surface area contributed by atoms with Gasteiger partial charge in [-0.05, 0) is 19.3 Å². The molecular weight excluding hydrogens is 180 g/mol. The first-order chi connectivity index (χ1) is 6.86. The van der Waals surface area contributed by atoms with Crippen LogP contribution in [0.5, 0.6) is 0 Å². The monoisotopic (exact) mass is 196 g/mol. The second kappa shape index (κ2) is 4.57. The topological polar surface area (TPSA) is 58.1 Å². The van der Waals surface area contributed by atoms with Crippen molar-refractivity contribution in [2.45, 2.75) is 37.9 Å². The average Bonchev–Trinajstić information content (AvgIpc) is 2.72. The molecule has 78 valence electrons. The fourth-order valence-corrected chi connectivity index (χ4v) is 1.81. The summed E-state index contributed by atoms with van der Waals surface area (Å²) < 4.78 is 5.50. The van der Waals surface area contributed by atoms with E-state index in [0.29, 0.717) is 6.42 Å². The Labute approximate surface area is 83.3 Å². The lowest BCUT2D eigenvalue weighted by molar-refractivity contribution is -0.0616. The van der Waals surface area contributed by atoms with Gasteiger partial charge in [-0.3, -0.25) is 0 Å². The summed E-state index contributed by atoms with van der Waals surface area (Å²) in [5.41, 5.74) is 0. The molecule has 0 spiro atoms. The van der Waals surface area contributed by atoms with E-state index in [1.165, 1.54) is 0 Å². The summed E-state index contributed by atoms with van der Waals surface area (Å²) in [7, 11) is 0. The summed E-state index contributed by atoms with van der Waals surface area (Å²) in [5, 5.41) is 9.86. The van der Waals surface area contributed by atoms with Crippen LogP contribution in [0, 0.1) is 0 Å². The normalized spacial score (nSPS) is 24.8. The van der Waals surface area contributed by atoms with Crippen LogP contribution in [0.1, 0.15) is 25.1 Å². The summed E-state index contributed by atoms with van der Waals surface area (Å²) in [6.07, 6.45) is 6.81. The summed E-state index contributed by atoms with van der Waals surface area (Å²) in [4.78, 5) is 7.06. The molecule has 1 fully saturated rings. The molecule has 2 unspecified atom stereocenters. The molecule has 0 saturated carbocycles. The molecule has 1 saturated heterocycles. The smallest absolute Gasteiger partial charge is 0.108 e. The van der Waals surface area contributed by atoms with E-state index in [9.17, 15) is 5.11 Å². The van der Waals surface area contributed by atoms with Crippen LogP contribution in [0.2, 0.25) is 0 Å². The fourth-order valence-electron chi connectivity index (χ4n) is 1.81. The van der Waals surface area contributed by atoms with Crippen LogP contribution in [0.3, 0.4) is 0 Å². The standard InChI is InChI=1S/C10H16N2O2/c13-8(7-10-11-4-5-12-10)9-3-1-2-6-14-9/h4-5,8-9,13H,1-3,6-7H2,(H,11,12). The average molecular weight is 196 g/mol. The Balaban J connectivity index is 1.85. The number of nitrogens with zero attached hydrogens (tertiary/aromatic N) is 1. The van der Waals surface area contributed by atoms with Crippen molar-refractivity contribution in [3.05, 3.63) is 18.2 Å². The van der Waals surface area contributed by atoms with E-state index in [1.54, 1.807) is 12.4 Å². The number of ether oxygens (including phenoxy) is 1. The number of nitrogens with one attached hydrogen (secondary N) is 1. The van der Waals surface area contributed by atoms with Crippen LogP contribution in [0.4, 0.5) is 0 Å². The van der Waals surface area contributed by atoms with Crippen LogP contribution in [0.25, 0.3) is 0 Å². The minimum absolute atomic E-state index is 0.00569. The van der Waals surface area contributed by atoms with Gasteiger partial charge in [0.2, 0.25) is 0 Å². The summed E-state index contributed by atoms with van der Waals surface area (Å²) in [5.74, 6) is 0.826. The van der Waals surface area contributed by atoms with Gasteiger partial charge in [0.15, 0.2) is 0 Å². The first-order valence-electron chi connectivity index (χ1n) is 5.14. The van der Waals surface area contributed by atoms with Gasteiger partial charge in [0.25, 0.3) is 0 Å². The molecule has 0 bridgehead atoms. The number of H-pyrrole nitrogens is 1. The zero-order valence-electron chi connectivity index (χ0n) is 8.15. The quantitative estimate of drug-likeness (QED) is 0.754. The third-order valence-electron chi connectivity index (χ3n) is 2.60. The van der Waals surface area contributed by atoms with Crippen molar-refractivity contribution >= 4 is 0 Å². The Hall–Kier alpha value is -0.870. The van der Waals surface area contributed by atoms with E-state index in [0.717, 1.165) is 31.7 Å². The van der Waals surface area contributed by atoms with E-state index in [4.69, 9.17) is 4.74 Å². The second-order valence-electron chi connectivity index (χ2n) is 3.71. The summed E-state index contributed by atoms with van der Waals surface area (Å²) in [6, 6.07) is 0. The molecule has 1 aromatic heterocycles. The van der Waals surface area contributed by atoms with E-state index < -0.39 is 6.10 Å². The number of imidazole rings is 1. The van der Waals surface area contributed by atoms with E-state index >= 15 is 0 Å². The van der Waals surface area contributed by atoms with Crippen LogP contribution < -0.4 is 0 Å². The highest BCUT2D eigenvalue weighted by Gasteiger charge is 2.23. The minimum Gasteiger partial charge on any atom is -0.390 e. The van der Waals surface area contributed by atoms with Crippen molar-refractivity contribution in [2.75, 3.05) is 6.61 Å². The molecule has 14 heavy (non-hydrogen) atoms. The molecule has 0 radical (unpaired) electrons. The third kappa shape index (κ3) is 2.33. The summed E-state index contributed by atoms with van der Waals surface area (Å²) >= 11 is 0. The molecule has 1 aromatic rings. The predicted octanol–water partition coefficient (Wildman–Crippen LogP) is 0.882. The molecule has 2 rings (SSSR count). The highest BCUT2D eigenvalue weighted by molar-refractivity contribution is 4.91. The lowest BCUT2D eigenvalue weighted by atomic mass is 10.0. The van der Waals surface area contributed by atoms with Crippen LogP contribution in [-0.2, 0) is 11.2 Å². The predicted molar refractivity (Wildman–Crippen MR) is 51.9 cm³/mol. The minimum atomic E-state index is -0.429. The van der Waals surface area contributed by atoms with Gasteiger partial charge < -0.3 is 14.8 Å². The maximum absolute atomic E-state index is 9.86. The molecule has 1 aliphatic rings. The Morgan fingerprint density at radius 3 is 3.21 bits per heavy atom. The van der Waals surface area contributed by atoms with Crippen LogP contribution in [-0.4, -0.2) is 33.9 Å².